The summed E-state index contributed by atoms with van der Waals surface area (Å²) in [6.07, 6.45) is 1.67. The first-order chi connectivity index (χ1) is 7.36. The van der Waals surface area contributed by atoms with E-state index in [1.165, 1.54) is 0 Å². The summed E-state index contributed by atoms with van der Waals surface area (Å²) < 4.78 is 10.2. The third-order valence-electron chi connectivity index (χ3n) is 1.75. The molecule has 0 bridgehead atoms. The van der Waals surface area contributed by atoms with Crippen LogP contribution in [0.3, 0.4) is 0 Å². The Kier molecular flexibility index (Phi) is 5.88. The minimum Gasteiger partial charge on any atom is -0.495 e. The lowest BCUT2D eigenvalue weighted by atomic mass is 10.4. The van der Waals surface area contributed by atoms with Crippen molar-refractivity contribution in [2.75, 3.05) is 38.1 Å². The summed E-state index contributed by atoms with van der Waals surface area (Å²) in [7, 11) is 1.62. The largest absolute Gasteiger partial charge is 0.495 e. The number of hydrogen-bond acceptors (Lipinski definition) is 4. The van der Waals surface area contributed by atoms with Crippen LogP contribution in [0.1, 0.15) is 0 Å². The molecule has 0 aromatic carbocycles. The average Bonchev–Trinajstić information content (AvgIpc) is 2.30. The standard InChI is InChI=1S/C10H15ClN2O2/c1-14-9-2-3-10(13-8-9)12-5-7-15-6-4-11/h2-3,8H,4-7H2,1H3,(H,12,13). The lowest BCUT2D eigenvalue weighted by Crippen LogP contribution is -2.11. The van der Waals surface area contributed by atoms with Gasteiger partial charge in [0, 0.05) is 12.4 Å². The lowest BCUT2D eigenvalue weighted by molar-refractivity contribution is 0.160. The molecular weight excluding hydrogens is 216 g/mol. The monoisotopic (exact) mass is 230 g/mol. The third kappa shape index (κ3) is 4.85. The Morgan fingerprint density at radius 3 is 2.87 bits per heavy atom. The van der Waals surface area contributed by atoms with Crippen LogP contribution in [-0.2, 0) is 4.74 Å². The molecule has 5 heteroatoms. The highest BCUT2D eigenvalue weighted by Crippen LogP contribution is 2.10. The number of aromatic nitrogens is 1. The van der Waals surface area contributed by atoms with Crippen LogP contribution < -0.4 is 10.1 Å². The first-order valence-corrected chi connectivity index (χ1v) is 5.28. The molecule has 0 spiro atoms. The number of alkyl halides is 1. The van der Waals surface area contributed by atoms with Gasteiger partial charge in [0.25, 0.3) is 0 Å². The van der Waals surface area contributed by atoms with Gasteiger partial charge < -0.3 is 14.8 Å². The maximum atomic E-state index is 5.46. The van der Waals surface area contributed by atoms with Crippen molar-refractivity contribution in [3.05, 3.63) is 18.3 Å². The van der Waals surface area contributed by atoms with Crippen molar-refractivity contribution in [1.29, 1.82) is 0 Å². The average molecular weight is 231 g/mol. The van der Waals surface area contributed by atoms with Crippen LogP contribution in [0.15, 0.2) is 18.3 Å². The summed E-state index contributed by atoms with van der Waals surface area (Å²) in [5.74, 6) is 2.09. The molecule has 0 aliphatic heterocycles. The number of hydrogen-bond donors (Lipinski definition) is 1. The smallest absolute Gasteiger partial charge is 0.137 e. The minimum absolute atomic E-state index is 0.529. The van der Waals surface area contributed by atoms with E-state index in [9.17, 15) is 0 Å². The molecule has 0 saturated heterocycles. The second kappa shape index (κ2) is 7.31. The number of nitrogens with one attached hydrogen (secondary N) is 1. The number of pyridine rings is 1. The van der Waals surface area contributed by atoms with Crippen molar-refractivity contribution in [3.63, 3.8) is 0 Å². The van der Waals surface area contributed by atoms with Gasteiger partial charge in [-0.25, -0.2) is 4.98 Å². The molecule has 1 heterocycles. The number of ether oxygens (including phenoxy) is 2. The second-order valence-corrected chi connectivity index (χ2v) is 3.19. The van der Waals surface area contributed by atoms with Crippen LogP contribution in [0.4, 0.5) is 5.82 Å². The van der Waals surface area contributed by atoms with E-state index in [0.29, 0.717) is 19.1 Å². The summed E-state index contributed by atoms with van der Waals surface area (Å²) in [6, 6.07) is 3.72. The molecule has 0 radical (unpaired) electrons. The molecule has 0 amide bonds. The van der Waals surface area contributed by atoms with E-state index in [-0.39, 0.29) is 0 Å². The topological polar surface area (TPSA) is 43.4 Å². The van der Waals surface area contributed by atoms with Crippen LogP contribution in [-0.4, -0.2) is 37.7 Å². The predicted octanol–water partition coefficient (Wildman–Crippen LogP) is 1.76. The molecular formula is C10H15ClN2O2. The Balaban J connectivity index is 2.20. The molecule has 1 rings (SSSR count). The van der Waals surface area contributed by atoms with E-state index >= 15 is 0 Å². The maximum absolute atomic E-state index is 5.46. The van der Waals surface area contributed by atoms with Crippen molar-refractivity contribution < 1.29 is 9.47 Å². The number of anilines is 1. The zero-order valence-electron chi connectivity index (χ0n) is 8.70. The van der Waals surface area contributed by atoms with E-state index in [1.54, 1.807) is 13.3 Å². The molecule has 84 valence electrons. The molecule has 0 aliphatic rings. The van der Waals surface area contributed by atoms with Crippen LogP contribution in [0.5, 0.6) is 5.75 Å². The molecule has 0 atom stereocenters. The highest BCUT2D eigenvalue weighted by atomic mass is 35.5. The van der Waals surface area contributed by atoms with Gasteiger partial charge in [-0.1, -0.05) is 0 Å². The van der Waals surface area contributed by atoms with Crippen molar-refractivity contribution >= 4 is 17.4 Å². The Morgan fingerprint density at radius 1 is 1.40 bits per heavy atom. The second-order valence-electron chi connectivity index (χ2n) is 2.81. The Morgan fingerprint density at radius 2 is 2.27 bits per heavy atom. The Bertz CT molecular complexity index is 267. The van der Waals surface area contributed by atoms with E-state index in [1.807, 2.05) is 12.1 Å². The Labute approximate surface area is 94.6 Å². The number of nitrogens with zero attached hydrogens (tertiary/aromatic N) is 1. The quantitative estimate of drug-likeness (QED) is 0.573. The van der Waals surface area contributed by atoms with Crippen molar-refractivity contribution in [1.82, 2.24) is 4.98 Å². The van der Waals surface area contributed by atoms with Gasteiger partial charge in [-0.2, -0.15) is 0 Å². The van der Waals surface area contributed by atoms with Gasteiger partial charge in [0.15, 0.2) is 0 Å². The molecule has 0 saturated carbocycles. The van der Waals surface area contributed by atoms with Gasteiger partial charge in [0.05, 0.1) is 26.5 Å². The molecule has 1 aromatic heterocycles. The van der Waals surface area contributed by atoms with Gasteiger partial charge in [-0.05, 0) is 12.1 Å². The fraction of sp³-hybridized carbons (Fsp3) is 0.500. The zero-order valence-corrected chi connectivity index (χ0v) is 9.46. The fourth-order valence-corrected chi connectivity index (χ4v) is 1.12. The van der Waals surface area contributed by atoms with Crippen LogP contribution in [0, 0.1) is 0 Å². The predicted molar refractivity (Wildman–Crippen MR) is 60.8 cm³/mol. The first-order valence-electron chi connectivity index (χ1n) is 4.74. The molecule has 0 aliphatic carbocycles. The molecule has 0 unspecified atom stereocenters. The molecule has 4 nitrogen and oxygen atoms in total. The van der Waals surface area contributed by atoms with Gasteiger partial charge in [-0.15, -0.1) is 11.6 Å². The molecule has 1 aromatic rings. The van der Waals surface area contributed by atoms with Crippen LogP contribution >= 0.6 is 11.6 Å². The number of halogens is 1. The molecule has 15 heavy (non-hydrogen) atoms. The SMILES string of the molecule is COc1ccc(NCCOCCCl)nc1. The van der Waals surface area contributed by atoms with Crippen molar-refractivity contribution in [3.8, 4) is 5.75 Å². The van der Waals surface area contributed by atoms with Gasteiger partial charge in [0.2, 0.25) is 0 Å². The summed E-state index contributed by atoms with van der Waals surface area (Å²) in [5.41, 5.74) is 0. The molecule has 0 fully saturated rings. The highest BCUT2D eigenvalue weighted by Gasteiger charge is 1.94. The van der Waals surface area contributed by atoms with Gasteiger partial charge in [0.1, 0.15) is 11.6 Å². The van der Waals surface area contributed by atoms with Gasteiger partial charge >= 0.3 is 0 Å². The highest BCUT2D eigenvalue weighted by molar-refractivity contribution is 6.17. The zero-order chi connectivity index (χ0) is 10.9. The van der Waals surface area contributed by atoms with Gasteiger partial charge in [-0.3, -0.25) is 0 Å². The molecule has 1 N–H and O–H groups in total. The lowest BCUT2D eigenvalue weighted by Gasteiger charge is -2.06. The summed E-state index contributed by atoms with van der Waals surface area (Å²) in [4.78, 5) is 4.15. The minimum atomic E-state index is 0.529. The number of rotatable bonds is 7. The summed E-state index contributed by atoms with van der Waals surface area (Å²) >= 11 is 5.46. The normalized spacial score (nSPS) is 10.0. The van der Waals surface area contributed by atoms with E-state index < -0.39 is 0 Å². The summed E-state index contributed by atoms with van der Waals surface area (Å²) in [5, 5.41) is 3.12. The fourth-order valence-electron chi connectivity index (χ4n) is 1.01. The van der Waals surface area contributed by atoms with Crippen LogP contribution in [0.25, 0.3) is 0 Å². The summed E-state index contributed by atoms with van der Waals surface area (Å²) in [6.45, 7) is 1.93. The van der Waals surface area contributed by atoms with E-state index in [4.69, 9.17) is 21.1 Å². The maximum Gasteiger partial charge on any atom is 0.137 e. The Hall–Kier alpha value is -1.00. The van der Waals surface area contributed by atoms with E-state index in [2.05, 4.69) is 10.3 Å². The van der Waals surface area contributed by atoms with E-state index in [0.717, 1.165) is 18.1 Å². The van der Waals surface area contributed by atoms with Crippen molar-refractivity contribution in [2.24, 2.45) is 0 Å². The van der Waals surface area contributed by atoms with Crippen molar-refractivity contribution in [2.45, 2.75) is 0 Å². The third-order valence-corrected chi connectivity index (χ3v) is 1.90. The number of methoxy groups -OCH3 is 1. The first kappa shape index (κ1) is 12.1. The van der Waals surface area contributed by atoms with Crippen LogP contribution in [0.2, 0.25) is 0 Å².